The van der Waals surface area contributed by atoms with Crippen molar-refractivity contribution in [3.05, 3.63) is 33.5 Å². The lowest BCUT2D eigenvalue weighted by Crippen LogP contribution is -2.06. The van der Waals surface area contributed by atoms with Crippen LogP contribution in [0.3, 0.4) is 0 Å². The summed E-state index contributed by atoms with van der Waals surface area (Å²) >= 11 is 9.26. The Bertz CT molecular complexity index is 501. The second kappa shape index (κ2) is 4.95. The molecule has 2 rings (SSSR count). The standard InChI is InChI=1S/C10H9BrClN3O/c1-13-5-9-14-10(16-15-9)7-3-2-6(12)4-8(7)11/h2-4,13H,5H2,1H3. The SMILES string of the molecule is CNCc1noc(-c2ccc(Cl)cc2Br)n1. The topological polar surface area (TPSA) is 51.0 Å². The van der Waals surface area contributed by atoms with E-state index in [1.54, 1.807) is 12.1 Å². The zero-order valence-corrected chi connectivity index (χ0v) is 10.8. The van der Waals surface area contributed by atoms with Crippen LogP contribution in [-0.2, 0) is 6.54 Å². The van der Waals surface area contributed by atoms with Crippen molar-refractivity contribution in [2.24, 2.45) is 0 Å². The van der Waals surface area contributed by atoms with Crippen LogP contribution in [0.15, 0.2) is 27.2 Å². The van der Waals surface area contributed by atoms with Crippen LogP contribution in [-0.4, -0.2) is 17.2 Å². The molecule has 2 aromatic rings. The van der Waals surface area contributed by atoms with Crippen molar-refractivity contribution >= 4 is 27.5 Å². The summed E-state index contributed by atoms with van der Waals surface area (Å²) in [5, 5.41) is 7.46. The number of nitrogens with zero attached hydrogens (tertiary/aromatic N) is 2. The molecular formula is C10H9BrClN3O. The molecule has 0 amide bonds. The summed E-state index contributed by atoms with van der Waals surface area (Å²) in [5.74, 6) is 1.10. The van der Waals surface area contributed by atoms with Gasteiger partial charge in [0.25, 0.3) is 5.89 Å². The van der Waals surface area contributed by atoms with Crippen molar-refractivity contribution in [3.63, 3.8) is 0 Å². The highest BCUT2D eigenvalue weighted by Crippen LogP contribution is 2.29. The highest BCUT2D eigenvalue weighted by molar-refractivity contribution is 9.10. The Labute approximate surface area is 106 Å². The van der Waals surface area contributed by atoms with Crippen LogP contribution in [0, 0.1) is 0 Å². The van der Waals surface area contributed by atoms with Crippen molar-refractivity contribution in [2.45, 2.75) is 6.54 Å². The van der Waals surface area contributed by atoms with Crippen LogP contribution in [0.1, 0.15) is 5.82 Å². The summed E-state index contributed by atoms with van der Waals surface area (Å²) in [6, 6.07) is 5.41. The summed E-state index contributed by atoms with van der Waals surface area (Å²) in [7, 11) is 1.83. The molecule has 1 N–H and O–H groups in total. The first-order chi connectivity index (χ1) is 7.70. The van der Waals surface area contributed by atoms with Crippen LogP contribution in [0.25, 0.3) is 11.5 Å². The molecule has 1 heterocycles. The van der Waals surface area contributed by atoms with Gasteiger partial charge in [0, 0.05) is 9.50 Å². The van der Waals surface area contributed by atoms with Gasteiger partial charge in [0.05, 0.1) is 12.1 Å². The predicted molar refractivity (Wildman–Crippen MR) is 65.2 cm³/mol. The fourth-order valence-electron chi connectivity index (χ4n) is 1.26. The molecule has 0 radical (unpaired) electrons. The lowest BCUT2D eigenvalue weighted by molar-refractivity contribution is 0.420. The Balaban J connectivity index is 2.35. The third-order valence-corrected chi connectivity index (χ3v) is 2.86. The number of nitrogens with one attached hydrogen (secondary N) is 1. The third kappa shape index (κ3) is 2.42. The monoisotopic (exact) mass is 301 g/mol. The molecule has 0 atom stereocenters. The van der Waals surface area contributed by atoms with Gasteiger partial charge in [-0.05, 0) is 41.2 Å². The Kier molecular flexibility index (Phi) is 3.58. The molecule has 1 aromatic heterocycles. The molecule has 0 unspecified atom stereocenters. The van der Waals surface area contributed by atoms with E-state index in [1.807, 2.05) is 13.1 Å². The fourth-order valence-corrected chi connectivity index (χ4v) is 2.11. The zero-order chi connectivity index (χ0) is 11.5. The van der Waals surface area contributed by atoms with E-state index in [0.717, 1.165) is 10.0 Å². The van der Waals surface area contributed by atoms with Gasteiger partial charge in [-0.15, -0.1) is 0 Å². The van der Waals surface area contributed by atoms with Crippen molar-refractivity contribution in [2.75, 3.05) is 7.05 Å². The molecule has 84 valence electrons. The molecule has 0 bridgehead atoms. The molecule has 0 spiro atoms. The van der Waals surface area contributed by atoms with E-state index >= 15 is 0 Å². The molecule has 0 aliphatic heterocycles. The molecule has 6 heteroatoms. The van der Waals surface area contributed by atoms with Crippen LogP contribution < -0.4 is 5.32 Å². The summed E-state index contributed by atoms with van der Waals surface area (Å²) in [6.45, 7) is 0.578. The zero-order valence-electron chi connectivity index (χ0n) is 8.50. The van der Waals surface area contributed by atoms with Crippen LogP contribution in [0.2, 0.25) is 5.02 Å². The maximum absolute atomic E-state index is 5.85. The summed E-state index contributed by atoms with van der Waals surface area (Å²) in [6.07, 6.45) is 0. The first kappa shape index (κ1) is 11.6. The maximum atomic E-state index is 5.85. The minimum Gasteiger partial charge on any atom is -0.334 e. The van der Waals surface area contributed by atoms with E-state index in [4.69, 9.17) is 16.1 Å². The van der Waals surface area contributed by atoms with Crippen LogP contribution >= 0.6 is 27.5 Å². The first-order valence-electron chi connectivity index (χ1n) is 4.63. The van der Waals surface area contributed by atoms with Gasteiger partial charge >= 0.3 is 0 Å². The number of benzene rings is 1. The average Bonchev–Trinajstić information content (AvgIpc) is 2.67. The van der Waals surface area contributed by atoms with Crippen molar-refractivity contribution in [1.82, 2.24) is 15.5 Å². The number of hydrogen-bond donors (Lipinski definition) is 1. The van der Waals surface area contributed by atoms with Gasteiger partial charge in [0.15, 0.2) is 5.82 Å². The molecular weight excluding hydrogens is 293 g/mol. The normalized spacial score (nSPS) is 10.7. The number of hydrogen-bond acceptors (Lipinski definition) is 4. The van der Waals surface area contributed by atoms with E-state index in [1.165, 1.54) is 0 Å². The van der Waals surface area contributed by atoms with Gasteiger partial charge in [0.1, 0.15) is 0 Å². The maximum Gasteiger partial charge on any atom is 0.259 e. The van der Waals surface area contributed by atoms with E-state index in [9.17, 15) is 0 Å². The molecule has 0 aliphatic rings. The Morgan fingerprint density at radius 1 is 1.50 bits per heavy atom. The highest BCUT2D eigenvalue weighted by atomic mass is 79.9. The third-order valence-electron chi connectivity index (χ3n) is 1.96. The van der Waals surface area contributed by atoms with Gasteiger partial charge in [-0.25, -0.2) is 0 Å². The lowest BCUT2D eigenvalue weighted by atomic mass is 10.2. The summed E-state index contributed by atoms with van der Waals surface area (Å²) < 4.78 is 5.98. The van der Waals surface area contributed by atoms with Gasteiger partial charge in [0.2, 0.25) is 0 Å². The minimum absolute atomic E-state index is 0.480. The second-order valence-electron chi connectivity index (χ2n) is 3.17. The molecule has 0 fully saturated rings. The Morgan fingerprint density at radius 2 is 2.31 bits per heavy atom. The van der Waals surface area contributed by atoms with Crippen molar-refractivity contribution in [3.8, 4) is 11.5 Å². The first-order valence-corrected chi connectivity index (χ1v) is 5.80. The average molecular weight is 303 g/mol. The van der Waals surface area contributed by atoms with E-state index in [-0.39, 0.29) is 0 Å². The second-order valence-corrected chi connectivity index (χ2v) is 4.46. The van der Waals surface area contributed by atoms with E-state index in [2.05, 4.69) is 31.4 Å². The van der Waals surface area contributed by atoms with Crippen LogP contribution in [0.4, 0.5) is 0 Å². The van der Waals surface area contributed by atoms with Crippen molar-refractivity contribution in [1.29, 1.82) is 0 Å². The molecule has 4 nitrogen and oxygen atoms in total. The van der Waals surface area contributed by atoms with Crippen molar-refractivity contribution < 1.29 is 4.52 Å². The van der Waals surface area contributed by atoms with E-state index < -0.39 is 0 Å². The van der Waals surface area contributed by atoms with Crippen LogP contribution in [0.5, 0.6) is 0 Å². The van der Waals surface area contributed by atoms with Gasteiger partial charge in [-0.2, -0.15) is 4.98 Å². The molecule has 0 saturated heterocycles. The molecule has 1 aromatic carbocycles. The smallest absolute Gasteiger partial charge is 0.259 e. The molecule has 0 aliphatic carbocycles. The molecule has 0 saturated carbocycles. The number of aromatic nitrogens is 2. The number of halogens is 2. The Morgan fingerprint density at radius 3 is 3.00 bits per heavy atom. The Hall–Kier alpha value is -0.910. The quantitative estimate of drug-likeness (QED) is 0.947. The number of rotatable bonds is 3. The van der Waals surface area contributed by atoms with Gasteiger partial charge in [-0.3, -0.25) is 0 Å². The fraction of sp³-hybridized carbons (Fsp3) is 0.200. The minimum atomic E-state index is 0.480. The predicted octanol–water partition coefficient (Wildman–Crippen LogP) is 2.87. The summed E-state index contributed by atoms with van der Waals surface area (Å²) in [4.78, 5) is 4.25. The largest absolute Gasteiger partial charge is 0.334 e. The highest BCUT2D eigenvalue weighted by Gasteiger charge is 2.11. The van der Waals surface area contributed by atoms with E-state index in [0.29, 0.717) is 23.3 Å². The van der Waals surface area contributed by atoms with Gasteiger partial charge < -0.3 is 9.84 Å². The van der Waals surface area contributed by atoms with Gasteiger partial charge in [-0.1, -0.05) is 16.8 Å². The lowest BCUT2D eigenvalue weighted by Gasteiger charge is -1.98. The molecule has 16 heavy (non-hydrogen) atoms. The summed E-state index contributed by atoms with van der Waals surface area (Å²) in [5.41, 5.74) is 0.833.